The Labute approximate surface area is 146 Å². The van der Waals surface area contributed by atoms with E-state index in [4.69, 9.17) is 5.73 Å². The van der Waals surface area contributed by atoms with Crippen molar-refractivity contribution >= 4 is 17.5 Å². The van der Waals surface area contributed by atoms with E-state index >= 15 is 0 Å². The molecule has 1 aliphatic heterocycles. The zero-order chi connectivity index (χ0) is 17.8. The lowest BCUT2D eigenvalue weighted by Gasteiger charge is -2.15. The van der Waals surface area contributed by atoms with Gasteiger partial charge in [0.2, 0.25) is 11.8 Å². The van der Waals surface area contributed by atoms with E-state index in [-0.39, 0.29) is 24.3 Å². The van der Waals surface area contributed by atoms with Gasteiger partial charge in [0.1, 0.15) is 6.54 Å². The van der Waals surface area contributed by atoms with E-state index in [2.05, 4.69) is 34.4 Å². The van der Waals surface area contributed by atoms with Crippen molar-refractivity contribution in [1.29, 1.82) is 0 Å². The van der Waals surface area contributed by atoms with Crippen molar-refractivity contribution in [2.24, 2.45) is 17.6 Å². The number of nitrogens with two attached hydrogens (primary N) is 1. The first-order chi connectivity index (χ1) is 12.0. The average molecular weight is 341 g/mol. The second-order valence-electron chi connectivity index (χ2n) is 6.65. The molecule has 0 spiro atoms. The number of hydrogen-bond donors (Lipinski definition) is 2. The summed E-state index contributed by atoms with van der Waals surface area (Å²) in [5, 5.41) is 6.91. The molecule has 1 saturated heterocycles. The number of carbonyl (C=O) groups excluding carboxylic acids is 2. The van der Waals surface area contributed by atoms with Gasteiger partial charge in [-0.1, -0.05) is 37.3 Å². The number of nitrogens with one attached hydrogen (secondary N) is 1. The van der Waals surface area contributed by atoms with E-state index in [1.54, 1.807) is 6.20 Å². The normalized spacial score (nSPS) is 20.5. The van der Waals surface area contributed by atoms with Crippen LogP contribution in [0.15, 0.2) is 42.7 Å². The van der Waals surface area contributed by atoms with Crippen LogP contribution >= 0.6 is 0 Å². The number of nitrogens with zero attached hydrogens (tertiary/aromatic N) is 3. The van der Waals surface area contributed by atoms with E-state index < -0.39 is 5.91 Å². The lowest BCUT2D eigenvalue weighted by Crippen LogP contribution is -2.28. The molecule has 7 heteroatoms. The molecule has 2 amide bonds. The summed E-state index contributed by atoms with van der Waals surface area (Å²) in [5.74, 6) is -0.267. The van der Waals surface area contributed by atoms with Gasteiger partial charge in [-0.2, -0.15) is 5.10 Å². The number of hydrogen-bond acceptors (Lipinski definition) is 4. The fourth-order valence-corrected chi connectivity index (χ4v) is 3.29. The van der Waals surface area contributed by atoms with Gasteiger partial charge in [0.25, 0.3) is 0 Å². The Bertz CT molecular complexity index is 743. The Kier molecular flexibility index (Phi) is 5.14. The molecule has 1 fully saturated rings. The quantitative estimate of drug-likeness (QED) is 0.822. The van der Waals surface area contributed by atoms with E-state index in [0.717, 1.165) is 19.6 Å². The van der Waals surface area contributed by atoms with Crippen LogP contribution < -0.4 is 11.1 Å². The number of amides is 2. The predicted molar refractivity (Wildman–Crippen MR) is 94.4 cm³/mol. The maximum atomic E-state index is 12.6. The molecular formula is C18H23N5O2. The van der Waals surface area contributed by atoms with Crippen molar-refractivity contribution in [3.8, 4) is 0 Å². The molecule has 1 aliphatic rings. The smallest absolute Gasteiger partial charge is 0.239 e. The first-order valence-corrected chi connectivity index (χ1v) is 8.39. The van der Waals surface area contributed by atoms with E-state index in [1.165, 1.54) is 16.4 Å². The highest BCUT2D eigenvalue weighted by Crippen LogP contribution is 2.25. The summed E-state index contributed by atoms with van der Waals surface area (Å²) in [4.78, 5) is 25.8. The predicted octanol–water partition coefficient (Wildman–Crippen LogP) is 1.07. The monoisotopic (exact) mass is 341 g/mol. The SMILES string of the molecule is C[C@@H]1CN(Cc2ccccc2)C[C@H]1C(=O)Nc1cnn(CC(N)=O)c1. The van der Waals surface area contributed by atoms with Gasteiger partial charge >= 0.3 is 0 Å². The van der Waals surface area contributed by atoms with Gasteiger partial charge in [0, 0.05) is 25.8 Å². The number of aromatic nitrogens is 2. The van der Waals surface area contributed by atoms with Gasteiger partial charge in [0.05, 0.1) is 17.8 Å². The maximum absolute atomic E-state index is 12.6. The lowest BCUT2D eigenvalue weighted by atomic mass is 9.97. The molecule has 1 aromatic carbocycles. The fraction of sp³-hybridized carbons (Fsp3) is 0.389. The molecule has 25 heavy (non-hydrogen) atoms. The van der Waals surface area contributed by atoms with Gasteiger partial charge in [-0.15, -0.1) is 0 Å². The van der Waals surface area contributed by atoms with Crippen LogP contribution in [-0.4, -0.2) is 39.6 Å². The third-order valence-corrected chi connectivity index (χ3v) is 4.49. The van der Waals surface area contributed by atoms with Crippen molar-refractivity contribution in [3.05, 3.63) is 48.3 Å². The van der Waals surface area contributed by atoms with Gasteiger partial charge in [0.15, 0.2) is 0 Å². The summed E-state index contributed by atoms with van der Waals surface area (Å²) in [6.07, 6.45) is 3.15. The molecule has 0 bridgehead atoms. The summed E-state index contributed by atoms with van der Waals surface area (Å²) in [6, 6.07) is 10.3. The van der Waals surface area contributed by atoms with E-state index in [9.17, 15) is 9.59 Å². The summed E-state index contributed by atoms with van der Waals surface area (Å²) in [7, 11) is 0. The summed E-state index contributed by atoms with van der Waals surface area (Å²) in [5.41, 5.74) is 6.98. The van der Waals surface area contributed by atoms with E-state index in [0.29, 0.717) is 5.69 Å². The van der Waals surface area contributed by atoms with Gasteiger partial charge in [-0.25, -0.2) is 0 Å². The molecule has 3 rings (SSSR count). The number of benzene rings is 1. The largest absolute Gasteiger partial charge is 0.368 e. The van der Waals surface area contributed by atoms with Crippen molar-refractivity contribution in [3.63, 3.8) is 0 Å². The van der Waals surface area contributed by atoms with Crippen molar-refractivity contribution in [2.75, 3.05) is 18.4 Å². The molecule has 2 atom stereocenters. The van der Waals surface area contributed by atoms with Crippen LogP contribution in [0.25, 0.3) is 0 Å². The summed E-state index contributed by atoms with van der Waals surface area (Å²) < 4.78 is 1.41. The lowest BCUT2D eigenvalue weighted by molar-refractivity contribution is -0.120. The number of rotatable bonds is 6. The minimum Gasteiger partial charge on any atom is -0.368 e. The number of likely N-dealkylation sites (tertiary alicyclic amines) is 1. The molecule has 0 unspecified atom stereocenters. The second kappa shape index (κ2) is 7.48. The maximum Gasteiger partial charge on any atom is 0.239 e. The highest BCUT2D eigenvalue weighted by molar-refractivity contribution is 5.92. The molecule has 7 nitrogen and oxygen atoms in total. The first kappa shape index (κ1) is 17.2. The number of anilines is 1. The molecule has 0 aliphatic carbocycles. The van der Waals surface area contributed by atoms with Gasteiger partial charge < -0.3 is 11.1 Å². The van der Waals surface area contributed by atoms with Gasteiger partial charge in [-0.3, -0.25) is 19.2 Å². The zero-order valence-electron chi connectivity index (χ0n) is 14.3. The first-order valence-electron chi connectivity index (χ1n) is 8.39. The van der Waals surface area contributed by atoms with Crippen LogP contribution in [-0.2, 0) is 22.7 Å². The Morgan fingerprint density at radius 3 is 2.76 bits per heavy atom. The third kappa shape index (κ3) is 4.45. The molecule has 2 heterocycles. The highest BCUT2D eigenvalue weighted by Gasteiger charge is 2.34. The molecule has 1 aromatic heterocycles. The molecule has 3 N–H and O–H groups in total. The van der Waals surface area contributed by atoms with Crippen molar-refractivity contribution < 1.29 is 9.59 Å². The second-order valence-corrected chi connectivity index (χ2v) is 6.65. The Morgan fingerprint density at radius 1 is 1.28 bits per heavy atom. The zero-order valence-corrected chi connectivity index (χ0v) is 14.3. The number of carbonyl (C=O) groups is 2. The Morgan fingerprint density at radius 2 is 2.04 bits per heavy atom. The van der Waals surface area contributed by atoms with Crippen LogP contribution in [0, 0.1) is 11.8 Å². The van der Waals surface area contributed by atoms with Crippen LogP contribution in [0.2, 0.25) is 0 Å². The minimum atomic E-state index is -0.470. The Balaban J connectivity index is 1.57. The molecule has 0 radical (unpaired) electrons. The van der Waals surface area contributed by atoms with Crippen molar-refractivity contribution in [1.82, 2.24) is 14.7 Å². The molecule has 0 saturated carbocycles. The average Bonchev–Trinajstić information content (AvgIpc) is 3.14. The number of primary amides is 1. The van der Waals surface area contributed by atoms with Crippen LogP contribution in [0.4, 0.5) is 5.69 Å². The van der Waals surface area contributed by atoms with Crippen LogP contribution in [0.5, 0.6) is 0 Å². The fourth-order valence-electron chi connectivity index (χ4n) is 3.29. The van der Waals surface area contributed by atoms with Crippen LogP contribution in [0.3, 0.4) is 0 Å². The summed E-state index contributed by atoms with van der Waals surface area (Å²) >= 11 is 0. The molecule has 132 valence electrons. The molecule has 2 aromatic rings. The summed E-state index contributed by atoms with van der Waals surface area (Å²) in [6.45, 7) is 4.59. The van der Waals surface area contributed by atoms with Crippen LogP contribution in [0.1, 0.15) is 12.5 Å². The third-order valence-electron chi connectivity index (χ3n) is 4.49. The minimum absolute atomic E-state index is 0.000551. The van der Waals surface area contributed by atoms with Gasteiger partial charge in [-0.05, 0) is 11.5 Å². The topological polar surface area (TPSA) is 93.2 Å². The standard InChI is InChI=1S/C18H23N5O2/c1-13-8-22(9-14-5-3-2-4-6-14)11-16(13)18(25)21-15-7-20-23(10-15)12-17(19)24/h2-7,10,13,16H,8-9,11-12H2,1H3,(H2,19,24)(H,21,25)/t13-,16-/m1/s1. The van der Waals surface area contributed by atoms with E-state index in [1.807, 2.05) is 18.2 Å². The highest BCUT2D eigenvalue weighted by atomic mass is 16.2. The molecular weight excluding hydrogens is 318 g/mol. The Hall–Kier alpha value is -2.67. The van der Waals surface area contributed by atoms with Crippen molar-refractivity contribution in [2.45, 2.75) is 20.0 Å².